The zero-order valence-electron chi connectivity index (χ0n) is 11.6. The summed E-state index contributed by atoms with van der Waals surface area (Å²) in [4.78, 5) is 4.25. The molecule has 1 aromatic heterocycles. The Bertz CT molecular complexity index is 569. The second-order valence-electron chi connectivity index (χ2n) is 4.61. The van der Waals surface area contributed by atoms with Gasteiger partial charge in [0.2, 0.25) is 0 Å². The van der Waals surface area contributed by atoms with Gasteiger partial charge >= 0.3 is 0 Å². The topological polar surface area (TPSA) is 74.2 Å². The standard InChI is InChI=1S/C14H18ClN3O2/c1-3-4-13-17-14(20-18-13)8-19-12-6-5-10(15)7-11(12)9(2)16/h5-7,9H,3-4,8,16H2,1-2H3. The van der Waals surface area contributed by atoms with Crippen molar-refractivity contribution < 1.29 is 9.26 Å². The number of nitrogens with two attached hydrogens (primary N) is 1. The summed E-state index contributed by atoms with van der Waals surface area (Å²) in [6.07, 6.45) is 1.78. The molecule has 0 aliphatic carbocycles. The molecule has 0 saturated carbocycles. The maximum absolute atomic E-state index is 5.96. The molecular weight excluding hydrogens is 278 g/mol. The van der Waals surface area contributed by atoms with Gasteiger partial charge in [0.05, 0.1) is 0 Å². The molecule has 0 fully saturated rings. The molecule has 0 radical (unpaired) electrons. The molecule has 2 rings (SSSR count). The number of aromatic nitrogens is 2. The Kier molecular flexibility index (Phi) is 4.98. The first kappa shape index (κ1) is 14.8. The summed E-state index contributed by atoms with van der Waals surface area (Å²) in [5.41, 5.74) is 6.76. The van der Waals surface area contributed by atoms with Crippen molar-refractivity contribution in [3.05, 3.63) is 40.5 Å². The van der Waals surface area contributed by atoms with Crippen LogP contribution in [-0.4, -0.2) is 10.1 Å². The molecule has 0 spiro atoms. The fourth-order valence-electron chi connectivity index (χ4n) is 1.82. The number of benzene rings is 1. The number of hydrogen-bond acceptors (Lipinski definition) is 5. The molecule has 0 amide bonds. The summed E-state index contributed by atoms with van der Waals surface area (Å²) in [5.74, 6) is 1.84. The average Bonchev–Trinajstić information content (AvgIpc) is 2.85. The number of halogens is 1. The summed E-state index contributed by atoms with van der Waals surface area (Å²) >= 11 is 5.96. The van der Waals surface area contributed by atoms with E-state index in [2.05, 4.69) is 17.1 Å². The number of aryl methyl sites for hydroxylation is 1. The maximum atomic E-state index is 5.96. The second kappa shape index (κ2) is 6.72. The summed E-state index contributed by atoms with van der Waals surface area (Å²) in [6.45, 7) is 4.16. The minimum Gasteiger partial charge on any atom is -0.483 e. The first-order valence-electron chi connectivity index (χ1n) is 6.59. The molecule has 1 aromatic carbocycles. The molecule has 1 atom stereocenters. The molecule has 0 aliphatic rings. The predicted octanol–water partition coefficient (Wildman–Crippen LogP) is 3.27. The molecular formula is C14H18ClN3O2. The first-order valence-corrected chi connectivity index (χ1v) is 6.97. The quantitative estimate of drug-likeness (QED) is 0.885. The van der Waals surface area contributed by atoms with Crippen LogP contribution in [0.2, 0.25) is 5.02 Å². The molecule has 108 valence electrons. The van der Waals surface area contributed by atoms with Gasteiger partial charge in [-0.1, -0.05) is 23.7 Å². The van der Waals surface area contributed by atoms with E-state index in [0.29, 0.717) is 22.5 Å². The van der Waals surface area contributed by atoms with Crippen LogP contribution in [0.25, 0.3) is 0 Å². The molecule has 5 nitrogen and oxygen atoms in total. The lowest BCUT2D eigenvalue weighted by atomic mass is 10.1. The van der Waals surface area contributed by atoms with Gasteiger partial charge in [0.1, 0.15) is 5.75 Å². The Hall–Kier alpha value is -1.59. The van der Waals surface area contributed by atoms with Crippen LogP contribution in [0, 0.1) is 0 Å². The molecule has 0 aliphatic heterocycles. The van der Waals surface area contributed by atoms with E-state index in [4.69, 9.17) is 26.6 Å². The van der Waals surface area contributed by atoms with Crippen molar-refractivity contribution in [3.8, 4) is 5.75 Å². The minimum absolute atomic E-state index is 0.165. The van der Waals surface area contributed by atoms with Gasteiger partial charge in [-0.2, -0.15) is 4.98 Å². The molecule has 2 N–H and O–H groups in total. The van der Waals surface area contributed by atoms with Gasteiger partial charge in [0.25, 0.3) is 5.89 Å². The maximum Gasteiger partial charge on any atom is 0.264 e. The third kappa shape index (κ3) is 3.71. The highest BCUT2D eigenvalue weighted by molar-refractivity contribution is 6.30. The Morgan fingerprint density at radius 3 is 2.95 bits per heavy atom. The number of hydrogen-bond donors (Lipinski definition) is 1. The molecule has 1 heterocycles. The van der Waals surface area contributed by atoms with Gasteiger partial charge in [-0.15, -0.1) is 0 Å². The van der Waals surface area contributed by atoms with E-state index < -0.39 is 0 Å². The van der Waals surface area contributed by atoms with E-state index >= 15 is 0 Å². The molecule has 2 aromatic rings. The van der Waals surface area contributed by atoms with Gasteiger partial charge in [0.15, 0.2) is 12.4 Å². The van der Waals surface area contributed by atoms with E-state index in [1.54, 1.807) is 18.2 Å². The van der Waals surface area contributed by atoms with Crippen molar-refractivity contribution >= 4 is 11.6 Å². The van der Waals surface area contributed by atoms with Crippen LogP contribution in [0.4, 0.5) is 0 Å². The van der Waals surface area contributed by atoms with Gasteiger partial charge in [-0.05, 0) is 31.5 Å². The summed E-state index contributed by atoms with van der Waals surface area (Å²) in [5, 5.41) is 4.51. The fourth-order valence-corrected chi connectivity index (χ4v) is 2.00. The van der Waals surface area contributed by atoms with Crippen LogP contribution < -0.4 is 10.5 Å². The van der Waals surface area contributed by atoms with Crippen molar-refractivity contribution in [3.63, 3.8) is 0 Å². The van der Waals surface area contributed by atoms with E-state index in [1.807, 2.05) is 6.92 Å². The first-order chi connectivity index (χ1) is 9.60. The lowest BCUT2D eigenvalue weighted by molar-refractivity contribution is 0.240. The lowest BCUT2D eigenvalue weighted by Crippen LogP contribution is -2.08. The van der Waals surface area contributed by atoms with Gasteiger partial charge in [-0.25, -0.2) is 0 Å². The minimum atomic E-state index is -0.165. The molecule has 6 heteroatoms. The van der Waals surface area contributed by atoms with Crippen molar-refractivity contribution in [1.29, 1.82) is 0 Å². The van der Waals surface area contributed by atoms with Crippen molar-refractivity contribution in [2.75, 3.05) is 0 Å². The normalized spacial score (nSPS) is 12.4. The van der Waals surface area contributed by atoms with Crippen molar-refractivity contribution in [2.24, 2.45) is 5.73 Å². The molecule has 1 unspecified atom stereocenters. The van der Waals surface area contributed by atoms with Crippen LogP contribution in [0.5, 0.6) is 5.75 Å². The lowest BCUT2D eigenvalue weighted by Gasteiger charge is -2.13. The zero-order valence-corrected chi connectivity index (χ0v) is 12.4. The average molecular weight is 296 g/mol. The predicted molar refractivity (Wildman–Crippen MR) is 76.7 cm³/mol. The highest BCUT2D eigenvalue weighted by atomic mass is 35.5. The Labute approximate surface area is 123 Å². The molecule has 0 saturated heterocycles. The molecule has 0 bridgehead atoms. The zero-order chi connectivity index (χ0) is 14.5. The number of rotatable bonds is 6. The molecule has 20 heavy (non-hydrogen) atoms. The van der Waals surface area contributed by atoms with Gasteiger partial charge < -0.3 is 15.0 Å². The van der Waals surface area contributed by atoms with E-state index in [9.17, 15) is 0 Å². The Morgan fingerprint density at radius 2 is 2.25 bits per heavy atom. The van der Waals surface area contributed by atoms with E-state index in [1.165, 1.54) is 0 Å². The number of nitrogens with zero attached hydrogens (tertiary/aromatic N) is 2. The van der Waals surface area contributed by atoms with Crippen LogP contribution in [0.15, 0.2) is 22.7 Å². The van der Waals surface area contributed by atoms with Gasteiger partial charge in [-0.3, -0.25) is 0 Å². The van der Waals surface area contributed by atoms with Crippen LogP contribution in [0.3, 0.4) is 0 Å². The van der Waals surface area contributed by atoms with Crippen LogP contribution >= 0.6 is 11.6 Å². The van der Waals surface area contributed by atoms with Crippen molar-refractivity contribution in [2.45, 2.75) is 39.3 Å². The SMILES string of the molecule is CCCc1noc(COc2ccc(Cl)cc2C(C)N)n1. The van der Waals surface area contributed by atoms with E-state index in [0.717, 1.165) is 18.4 Å². The smallest absolute Gasteiger partial charge is 0.264 e. The largest absolute Gasteiger partial charge is 0.483 e. The van der Waals surface area contributed by atoms with E-state index in [-0.39, 0.29) is 12.6 Å². The highest BCUT2D eigenvalue weighted by Crippen LogP contribution is 2.27. The summed E-state index contributed by atoms with van der Waals surface area (Å²) < 4.78 is 10.8. The van der Waals surface area contributed by atoms with Gasteiger partial charge in [0, 0.05) is 23.0 Å². The Balaban J connectivity index is 2.06. The fraction of sp³-hybridized carbons (Fsp3) is 0.429. The monoisotopic (exact) mass is 295 g/mol. The van der Waals surface area contributed by atoms with Crippen molar-refractivity contribution in [1.82, 2.24) is 10.1 Å². The van der Waals surface area contributed by atoms with Crippen LogP contribution in [0.1, 0.15) is 43.6 Å². The third-order valence-corrected chi connectivity index (χ3v) is 3.03. The number of ether oxygens (including phenoxy) is 1. The second-order valence-corrected chi connectivity index (χ2v) is 5.05. The highest BCUT2D eigenvalue weighted by Gasteiger charge is 2.11. The summed E-state index contributed by atoms with van der Waals surface area (Å²) in [7, 11) is 0. The van der Waals surface area contributed by atoms with Crippen LogP contribution in [-0.2, 0) is 13.0 Å². The third-order valence-electron chi connectivity index (χ3n) is 2.80. The summed E-state index contributed by atoms with van der Waals surface area (Å²) in [6, 6.07) is 5.20. The Morgan fingerprint density at radius 1 is 1.45 bits per heavy atom.